The number of aliphatic hydroxyl groups excluding tert-OH is 1. The van der Waals surface area contributed by atoms with Crippen LogP contribution in [0.5, 0.6) is 0 Å². The molecule has 0 aromatic heterocycles. The van der Waals surface area contributed by atoms with Crippen LogP contribution in [-0.4, -0.2) is 17.6 Å². The molecule has 1 aromatic rings. The van der Waals surface area contributed by atoms with E-state index in [0.717, 1.165) is 5.56 Å². The predicted molar refractivity (Wildman–Crippen MR) is 69.0 cm³/mol. The number of anilines is 1. The molecule has 18 heavy (non-hydrogen) atoms. The molecule has 0 heterocycles. The molecule has 0 fully saturated rings. The molecule has 0 radical (unpaired) electrons. The van der Waals surface area contributed by atoms with E-state index in [1.807, 2.05) is 0 Å². The number of carbonyl (C=O) groups is 1. The van der Waals surface area contributed by atoms with Crippen molar-refractivity contribution in [2.75, 3.05) is 11.9 Å². The molecule has 0 saturated heterocycles. The van der Waals surface area contributed by atoms with Gasteiger partial charge in [-0.25, -0.2) is 0 Å². The molecule has 0 bridgehead atoms. The van der Waals surface area contributed by atoms with Crippen molar-refractivity contribution in [2.45, 2.75) is 25.9 Å². The Kier molecular flexibility index (Phi) is 5.70. The molecule has 0 aliphatic heterocycles. The van der Waals surface area contributed by atoms with E-state index in [2.05, 4.69) is 15.3 Å². The van der Waals surface area contributed by atoms with Crippen LogP contribution in [0.1, 0.15) is 31.4 Å². The molecule has 6 heteroatoms. The molecule has 1 rings (SSSR count). The lowest BCUT2D eigenvalue weighted by Gasteiger charge is -2.11. The van der Waals surface area contributed by atoms with Gasteiger partial charge in [-0.1, -0.05) is 17.2 Å². The lowest BCUT2D eigenvalue weighted by molar-refractivity contribution is -0.114. The molecule has 0 aliphatic carbocycles. The number of benzene rings is 1. The lowest BCUT2D eigenvalue weighted by Crippen LogP contribution is -2.06. The molecule has 96 valence electrons. The quantitative estimate of drug-likeness (QED) is 0.350. The van der Waals surface area contributed by atoms with Gasteiger partial charge in [0.25, 0.3) is 0 Å². The summed E-state index contributed by atoms with van der Waals surface area (Å²) < 4.78 is 0. The number of hydrogen-bond donors (Lipinski definition) is 2. The van der Waals surface area contributed by atoms with E-state index >= 15 is 0 Å². The topological polar surface area (TPSA) is 98.1 Å². The highest BCUT2D eigenvalue weighted by molar-refractivity contribution is 5.88. The maximum absolute atomic E-state index is 10.9. The van der Waals surface area contributed by atoms with E-state index in [4.69, 9.17) is 5.53 Å². The summed E-state index contributed by atoms with van der Waals surface area (Å²) in [7, 11) is 0. The third kappa shape index (κ3) is 4.86. The Morgan fingerprint density at radius 2 is 2.39 bits per heavy atom. The van der Waals surface area contributed by atoms with Gasteiger partial charge in [0.15, 0.2) is 0 Å². The summed E-state index contributed by atoms with van der Waals surface area (Å²) in [6.07, 6.45) is 0.519. The number of amides is 1. The first kappa shape index (κ1) is 14.0. The zero-order valence-corrected chi connectivity index (χ0v) is 10.2. The third-order valence-electron chi connectivity index (χ3n) is 2.39. The van der Waals surface area contributed by atoms with Crippen molar-refractivity contribution in [2.24, 2.45) is 5.11 Å². The maximum Gasteiger partial charge on any atom is 0.221 e. The van der Waals surface area contributed by atoms with Crippen LogP contribution < -0.4 is 5.32 Å². The van der Waals surface area contributed by atoms with Gasteiger partial charge in [-0.3, -0.25) is 4.79 Å². The molecular formula is C12H16N4O2. The third-order valence-corrected chi connectivity index (χ3v) is 2.39. The van der Waals surface area contributed by atoms with Crippen LogP contribution in [0.2, 0.25) is 0 Å². The van der Waals surface area contributed by atoms with Gasteiger partial charge in [-0.2, -0.15) is 0 Å². The number of azide groups is 1. The Morgan fingerprint density at radius 1 is 1.61 bits per heavy atom. The van der Waals surface area contributed by atoms with Crippen molar-refractivity contribution in [3.8, 4) is 0 Å². The van der Waals surface area contributed by atoms with Gasteiger partial charge >= 0.3 is 0 Å². The number of carbonyl (C=O) groups excluding carboxylic acids is 1. The number of nitrogens with one attached hydrogen (secondary N) is 1. The number of hydrogen-bond acceptors (Lipinski definition) is 3. The molecular weight excluding hydrogens is 232 g/mol. The average Bonchev–Trinajstić information content (AvgIpc) is 2.34. The minimum absolute atomic E-state index is 0.148. The van der Waals surface area contributed by atoms with E-state index in [0.29, 0.717) is 25.1 Å². The van der Waals surface area contributed by atoms with Crippen LogP contribution in [0.25, 0.3) is 10.4 Å². The highest BCUT2D eigenvalue weighted by Crippen LogP contribution is 2.21. The minimum Gasteiger partial charge on any atom is -0.388 e. The highest BCUT2D eigenvalue weighted by Gasteiger charge is 2.07. The summed E-state index contributed by atoms with van der Waals surface area (Å²) in [5.74, 6) is -0.148. The summed E-state index contributed by atoms with van der Waals surface area (Å²) in [4.78, 5) is 13.6. The van der Waals surface area contributed by atoms with Gasteiger partial charge in [0.1, 0.15) is 0 Å². The van der Waals surface area contributed by atoms with Crippen LogP contribution in [0.4, 0.5) is 5.69 Å². The molecule has 0 saturated carbocycles. The molecule has 2 N–H and O–H groups in total. The fraction of sp³-hybridized carbons (Fsp3) is 0.417. The molecule has 1 atom stereocenters. The van der Waals surface area contributed by atoms with E-state index in [-0.39, 0.29) is 5.91 Å². The summed E-state index contributed by atoms with van der Waals surface area (Å²) in [6.45, 7) is 1.81. The second-order valence-corrected chi connectivity index (χ2v) is 3.92. The van der Waals surface area contributed by atoms with Crippen molar-refractivity contribution in [1.82, 2.24) is 0 Å². The Morgan fingerprint density at radius 3 is 3.06 bits per heavy atom. The van der Waals surface area contributed by atoms with Gasteiger partial charge in [0.05, 0.1) is 6.10 Å². The van der Waals surface area contributed by atoms with E-state index in [1.54, 1.807) is 24.3 Å². The maximum atomic E-state index is 10.9. The molecule has 1 amide bonds. The van der Waals surface area contributed by atoms with Crippen LogP contribution in [0, 0.1) is 0 Å². The van der Waals surface area contributed by atoms with Gasteiger partial charge in [0, 0.05) is 24.1 Å². The Bertz CT molecular complexity index is 455. The smallest absolute Gasteiger partial charge is 0.221 e. The summed E-state index contributed by atoms with van der Waals surface area (Å²) in [5, 5.41) is 16.0. The van der Waals surface area contributed by atoms with E-state index < -0.39 is 6.10 Å². The second-order valence-electron chi connectivity index (χ2n) is 3.92. The first-order valence-electron chi connectivity index (χ1n) is 5.70. The Balaban J connectivity index is 2.58. The molecule has 1 unspecified atom stereocenters. The minimum atomic E-state index is -0.618. The van der Waals surface area contributed by atoms with Crippen molar-refractivity contribution < 1.29 is 9.90 Å². The van der Waals surface area contributed by atoms with Crippen LogP contribution >= 0.6 is 0 Å². The summed E-state index contributed by atoms with van der Waals surface area (Å²) in [6, 6.07) is 7.07. The SMILES string of the molecule is CC(=O)Nc1cccc(C(O)CCCN=[N+]=[N-])c1. The van der Waals surface area contributed by atoms with Crippen molar-refractivity contribution in [1.29, 1.82) is 0 Å². The highest BCUT2D eigenvalue weighted by atomic mass is 16.3. The molecule has 0 aliphatic rings. The van der Waals surface area contributed by atoms with Gasteiger partial charge in [0.2, 0.25) is 5.91 Å². The molecule has 6 nitrogen and oxygen atoms in total. The monoisotopic (exact) mass is 248 g/mol. The lowest BCUT2D eigenvalue weighted by atomic mass is 10.0. The van der Waals surface area contributed by atoms with Crippen LogP contribution in [0.15, 0.2) is 29.4 Å². The number of rotatable bonds is 6. The standard InChI is InChI=1S/C12H16N4O2/c1-9(17)15-11-5-2-4-10(8-11)12(18)6-3-7-14-16-13/h2,4-5,8,12,18H,3,6-7H2,1H3,(H,15,17). The second kappa shape index (κ2) is 7.32. The first-order valence-corrected chi connectivity index (χ1v) is 5.70. The van der Waals surface area contributed by atoms with Gasteiger partial charge < -0.3 is 10.4 Å². The van der Waals surface area contributed by atoms with Crippen LogP contribution in [-0.2, 0) is 4.79 Å². The molecule has 1 aromatic carbocycles. The molecule has 0 spiro atoms. The summed E-state index contributed by atoms with van der Waals surface area (Å²) in [5.41, 5.74) is 9.52. The Labute approximate surface area is 105 Å². The fourth-order valence-electron chi connectivity index (χ4n) is 1.59. The average molecular weight is 248 g/mol. The number of aliphatic hydroxyl groups is 1. The largest absolute Gasteiger partial charge is 0.388 e. The Hall–Kier alpha value is -2.04. The zero-order valence-electron chi connectivity index (χ0n) is 10.2. The van der Waals surface area contributed by atoms with Crippen molar-refractivity contribution in [3.05, 3.63) is 40.3 Å². The van der Waals surface area contributed by atoms with E-state index in [1.165, 1.54) is 6.92 Å². The van der Waals surface area contributed by atoms with E-state index in [9.17, 15) is 9.90 Å². The van der Waals surface area contributed by atoms with Gasteiger partial charge in [-0.05, 0) is 36.1 Å². The van der Waals surface area contributed by atoms with Gasteiger partial charge in [-0.15, -0.1) is 0 Å². The zero-order chi connectivity index (χ0) is 13.4. The first-order chi connectivity index (χ1) is 8.63. The number of nitrogens with zero attached hydrogens (tertiary/aromatic N) is 3. The fourth-order valence-corrected chi connectivity index (χ4v) is 1.59. The summed E-state index contributed by atoms with van der Waals surface area (Å²) >= 11 is 0. The van der Waals surface area contributed by atoms with Crippen molar-refractivity contribution in [3.63, 3.8) is 0 Å². The predicted octanol–water partition coefficient (Wildman–Crippen LogP) is 2.77. The van der Waals surface area contributed by atoms with Crippen molar-refractivity contribution >= 4 is 11.6 Å². The normalized spacial score (nSPS) is 11.4. The van der Waals surface area contributed by atoms with Crippen LogP contribution in [0.3, 0.4) is 0 Å².